The van der Waals surface area contributed by atoms with E-state index < -0.39 is 15.9 Å². The van der Waals surface area contributed by atoms with Gasteiger partial charge in [0.25, 0.3) is 5.91 Å². The quantitative estimate of drug-likeness (QED) is 0.757. The van der Waals surface area contributed by atoms with Crippen LogP contribution in [0, 0.1) is 6.92 Å². The molecule has 2 aliphatic rings. The first-order valence-electron chi connectivity index (χ1n) is 10.1. The molecule has 2 amide bonds. The van der Waals surface area contributed by atoms with E-state index in [-0.39, 0.29) is 28.4 Å². The average molecular weight is 432 g/mol. The van der Waals surface area contributed by atoms with Crippen molar-refractivity contribution in [2.24, 2.45) is 0 Å². The van der Waals surface area contributed by atoms with Crippen molar-refractivity contribution in [1.29, 1.82) is 0 Å². The Morgan fingerprint density at radius 3 is 2.67 bits per heavy atom. The molecule has 1 fully saturated rings. The van der Waals surface area contributed by atoms with Gasteiger partial charge in [-0.3, -0.25) is 9.59 Å². The number of hydrogen-bond acceptors (Lipinski definition) is 5. The van der Waals surface area contributed by atoms with Gasteiger partial charge in [-0.15, -0.1) is 0 Å². The highest BCUT2D eigenvalue weighted by molar-refractivity contribution is 7.89. The molecule has 1 unspecified atom stereocenters. The van der Waals surface area contributed by atoms with Crippen molar-refractivity contribution in [3.05, 3.63) is 46.9 Å². The number of hydrogen-bond donors (Lipinski definition) is 2. The maximum Gasteiger partial charge on any atom is 0.287 e. The Kier molecular flexibility index (Phi) is 5.42. The van der Waals surface area contributed by atoms with Crippen molar-refractivity contribution >= 4 is 27.5 Å². The van der Waals surface area contributed by atoms with Crippen LogP contribution in [0.4, 0.5) is 5.69 Å². The lowest BCUT2D eigenvalue weighted by molar-refractivity contribution is -0.116. The minimum absolute atomic E-state index is 0.00415. The summed E-state index contributed by atoms with van der Waals surface area (Å²) in [5.74, 6) is -0.282. The Bertz CT molecular complexity index is 1100. The Hall–Kier alpha value is -2.65. The molecule has 1 aromatic carbocycles. The summed E-state index contributed by atoms with van der Waals surface area (Å²) in [5.41, 5.74) is 2.72. The summed E-state index contributed by atoms with van der Waals surface area (Å²) in [5, 5.41) is 5.70. The van der Waals surface area contributed by atoms with E-state index >= 15 is 0 Å². The van der Waals surface area contributed by atoms with Gasteiger partial charge in [-0.25, -0.2) is 8.42 Å². The Morgan fingerprint density at radius 1 is 1.20 bits per heavy atom. The zero-order chi connectivity index (χ0) is 21.5. The topological polar surface area (TPSA) is 109 Å². The van der Waals surface area contributed by atoms with Crippen LogP contribution in [0.25, 0.3) is 0 Å². The second-order valence-electron chi connectivity index (χ2n) is 7.80. The highest BCUT2D eigenvalue weighted by atomic mass is 32.2. The third-order valence-corrected chi connectivity index (χ3v) is 7.66. The molecule has 2 aromatic rings. The van der Waals surface area contributed by atoms with Crippen LogP contribution >= 0.6 is 0 Å². The fourth-order valence-electron chi connectivity index (χ4n) is 3.92. The zero-order valence-electron chi connectivity index (χ0n) is 17.0. The molecular formula is C21H25N3O5S. The van der Waals surface area contributed by atoms with Crippen LogP contribution in [0.15, 0.2) is 33.6 Å². The predicted molar refractivity (Wildman–Crippen MR) is 111 cm³/mol. The second kappa shape index (κ2) is 7.88. The van der Waals surface area contributed by atoms with Crippen LogP contribution < -0.4 is 10.6 Å². The van der Waals surface area contributed by atoms with E-state index in [9.17, 15) is 18.0 Å². The molecule has 30 heavy (non-hydrogen) atoms. The van der Waals surface area contributed by atoms with Crippen LogP contribution in [-0.2, 0) is 21.2 Å². The molecule has 4 rings (SSSR count). The minimum Gasteiger partial charge on any atom is -0.455 e. The summed E-state index contributed by atoms with van der Waals surface area (Å²) in [6.45, 7) is 4.38. The zero-order valence-corrected chi connectivity index (χ0v) is 17.8. The number of carbonyl (C=O) groups excluding carboxylic acids is 2. The van der Waals surface area contributed by atoms with Crippen molar-refractivity contribution in [2.75, 3.05) is 18.4 Å². The molecule has 2 aliphatic heterocycles. The molecule has 0 aliphatic carbocycles. The number of benzene rings is 1. The lowest BCUT2D eigenvalue weighted by Crippen LogP contribution is -2.28. The highest BCUT2D eigenvalue weighted by Crippen LogP contribution is 2.28. The van der Waals surface area contributed by atoms with Crippen molar-refractivity contribution in [3.63, 3.8) is 0 Å². The predicted octanol–water partition coefficient (Wildman–Crippen LogP) is 2.75. The van der Waals surface area contributed by atoms with Gasteiger partial charge in [-0.05, 0) is 50.3 Å². The van der Waals surface area contributed by atoms with Gasteiger partial charge in [-0.1, -0.05) is 12.1 Å². The lowest BCUT2D eigenvalue weighted by atomic mass is 9.98. The fourth-order valence-corrected chi connectivity index (χ4v) is 5.60. The van der Waals surface area contributed by atoms with Crippen molar-refractivity contribution in [3.8, 4) is 0 Å². The summed E-state index contributed by atoms with van der Waals surface area (Å²) >= 11 is 0. The minimum atomic E-state index is -3.65. The highest BCUT2D eigenvalue weighted by Gasteiger charge is 2.32. The number of carbonyl (C=O) groups is 2. The van der Waals surface area contributed by atoms with Gasteiger partial charge in [0.15, 0.2) is 5.76 Å². The number of aryl methyl sites for hydroxylation is 2. The Balaban J connectivity index is 1.50. The van der Waals surface area contributed by atoms with Crippen molar-refractivity contribution in [1.82, 2.24) is 9.62 Å². The molecule has 1 atom stereocenters. The van der Waals surface area contributed by atoms with Crippen molar-refractivity contribution in [2.45, 2.75) is 50.5 Å². The Morgan fingerprint density at radius 2 is 1.93 bits per heavy atom. The number of furan rings is 1. The number of fused-ring (bicyclic) bond motifs is 1. The van der Waals surface area contributed by atoms with E-state index in [4.69, 9.17) is 4.42 Å². The van der Waals surface area contributed by atoms with E-state index in [1.807, 2.05) is 25.1 Å². The number of nitrogens with zero attached hydrogens (tertiary/aromatic N) is 1. The van der Waals surface area contributed by atoms with Crippen LogP contribution in [0.3, 0.4) is 0 Å². The van der Waals surface area contributed by atoms with Gasteiger partial charge in [-0.2, -0.15) is 4.31 Å². The fraction of sp³-hybridized carbons (Fsp3) is 0.429. The third-order valence-electron chi connectivity index (χ3n) is 5.65. The van der Waals surface area contributed by atoms with Gasteiger partial charge in [0.1, 0.15) is 10.7 Å². The summed E-state index contributed by atoms with van der Waals surface area (Å²) in [4.78, 5) is 24.3. The summed E-state index contributed by atoms with van der Waals surface area (Å²) in [6.07, 6.45) is 2.78. The maximum atomic E-state index is 12.8. The molecule has 1 aromatic heterocycles. The first kappa shape index (κ1) is 20.6. The normalized spacial score (nSPS) is 18.0. The molecule has 9 heteroatoms. The van der Waals surface area contributed by atoms with E-state index in [2.05, 4.69) is 10.6 Å². The first-order chi connectivity index (χ1) is 14.3. The molecule has 0 spiro atoms. The standard InChI is InChI=1S/C21H25N3O5S/c1-13(15-5-7-17-16(11-15)6-8-20(25)23-17)22-21(26)18-12-19(14(2)29-18)30(27,28)24-9-3-4-10-24/h5,7,11-13H,3-4,6,8-10H2,1-2H3,(H,22,26)(H,23,25). The molecular weight excluding hydrogens is 406 g/mol. The monoisotopic (exact) mass is 431 g/mol. The summed E-state index contributed by atoms with van der Waals surface area (Å²) in [7, 11) is -3.65. The number of anilines is 1. The van der Waals surface area contributed by atoms with Crippen molar-refractivity contribution < 1.29 is 22.4 Å². The molecule has 8 nitrogen and oxygen atoms in total. The van der Waals surface area contributed by atoms with Crippen LogP contribution in [0.5, 0.6) is 0 Å². The molecule has 0 saturated carbocycles. The summed E-state index contributed by atoms with van der Waals surface area (Å²) in [6, 6.07) is 6.65. The molecule has 1 saturated heterocycles. The van der Waals surface area contributed by atoms with E-state index in [0.717, 1.165) is 29.7 Å². The van der Waals surface area contributed by atoms with Gasteiger partial charge < -0.3 is 15.1 Å². The van der Waals surface area contributed by atoms with Gasteiger partial charge in [0.05, 0.1) is 6.04 Å². The van der Waals surface area contributed by atoms with E-state index in [1.54, 1.807) is 6.92 Å². The molecule has 2 N–H and O–H groups in total. The second-order valence-corrected chi connectivity index (χ2v) is 9.71. The number of sulfonamides is 1. The van der Waals surface area contributed by atoms with Crippen LogP contribution in [-0.4, -0.2) is 37.6 Å². The van der Waals surface area contributed by atoms with Gasteiger partial charge >= 0.3 is 0 Å². The Labute approximate surface area is 175 Å². The summed E-state index contributed by atoms with van der Waals surface area (Å²) < 4.78 is 32.5. The van der Waals surface area contributed by atoms with Gasteiger partial charge in [0, 0.05) is 31.3 Å². The molecule has 0 radical (unpaired) electrons. The van der Waals surface area contributed by atoms with E-state index in [1.165, 1.54) is 10.4 Å². The maximum absolute atomic E-state index is 12.8. The molecule has 3 heterocycles. The van der Waals surface area contributed by atoms with Gasteiger partial charge in [0.2, 0.25) is 15.9 Å². The largest absolute Gasteiger partial charge is 0.455 e. The lowest BCUT2D eigenvalue weighted by Gasteiger charge is -2.20. The first-order valence-corrected chi connectivity index (χ1v) is 11.5. The molecule has 0 bridgehead atoms. The average Bonchev–Trinajstić information content (AvgIpc) is 3.38. The smallest absolute Gasteiger partial charge is 0.287 e. The third kappa shape index (κ3) is 3.87. The molecule has 160 valence electrons. The number of rotatable bonds is 5. The van der Waals surface area contributed by atoms with Crippen LogP contribution in [0.2, 0.25) is 0 Å². The van der Waals surface area contributed by atoms with E-state index in [0.29, 0.717) is 25.9 Å². The van der Waals surface area contributed by atoms with Crippen LogP contribution in [0.1, 0.15) is 59.7 Å². The number of nitrogens with one attached hydrogen (secondary N) is 2. The number of amides is 2. The SMILES string of the molecule is Cc1oc(C(=O)NC(C)c2ccc3c(c2)CCC(=O)N3)cc1S(=O)(=O)N1CCCC1.